The Bertz CT molecular complexity index is 277. The van der Waals surface area contributed by atoms with Crippen molar-refractivity contribution in [1.82, 2.24) is 10.2 Å². The van der Waals surface area contributed by atoms with Crippen LogP contribution in [-0.4, -0.2) is 42.8 Å². The van der Waals surface area contributed by atoms with Gasteiger partial charge in [0.2, 0.25) is 0 Å². The second kappa shape index (κ2) is 6.41. The van der Waals surface area contributed by atoms with Crippen LogP contribution in [0.25, 0.3) is 0 Å². The Morgan fingerprint density at radius 3 is 2.72 bits per heavy atom. The van der Waals surface area contributed by atoms with Crippen molar-refractivity contribution < 1.29 is 9.53 Å². The van der Waals surface area contributed by atoms with Gasteiger partial charge >= 0.3 is 6.09 Å². The molecule has 18 heavy (non-hydrogen) atoms. The summed E-state index contributed by atoms with van der Waals surface area (Å²) in [6.07, 6.45) is 6.21. The lowest BCUT2D eigenvalue weighted by Gasteiger charge is -2.40. The third-order valence-corrected chi connectivity index (χ3v) is 4.13. The minimum absolute atomic E-state index is 0.258. The van der Waals surface area contributed by atoms with Crippen LogP contribution in [0.15, 0.2) is 0 Å². The third kappa shape index (κ3) is 3.61. The predicted octanol–water partition coefficient (Wildman–Crippen LogP) is 2.39. The Morgan fingerprint density at radius 2 is 2.06 bits per heavy atom. The van der Waals surface area contributed by atoms with Crippen molar-refractivity contribution in [2.45, 2.75) is 58.0 Å². The molecule has 1 saturated carbocycles. The maximum absolute atomic E-state index is 11.5. The molecule has 2 aliphatic rings. The molecular formula is C14H26N2O2. The molecule has 2 rings (SSSR count). The first-order valence-electron chi connectivity index (χ1n) is 7.36. The quantitative estimate of drug-likeness (QED) is 0.841. The van der Waals surface area contributed by atoms with Gasteiger partial charge in [0.05, 0.1) is 6.61 Å². The van der Waals surface area contributed by atoms with E-state index in [1.807, 2.05) is 6.92 Å². The van der Waals surface area contributed by atoms with E-state index in [9.17, 15) is 4.79 Å². The van der Waals surface area contributed by atoms with Gasteiger partial charge in [0, 0.05) is 25.2 Å². The van der Waals surface area contributed by atoms with Crippen molar-refractivity contribution in [1.29, 1.82) is 0 Å². The van der Waals surface area contributed by atoms with Gasteiger partial charge in [-0.3, -0.25) is 4.90 Å². The number of likely N-dealkylation sites (tertiary alicyclic amines) is 1. The van der Waals surface area contributed by atoms with Gasteiger partial charge in [-0.2, -0.15) is 0 Å². The molecule has 1 aliphatic carbocycles. The second-order valence-electron chi connectivity index (χ2n) is 5.79. The highest BCUT2D eigenvalue weighted by Crippen LogP contribution is 2.27. The first-order chi connectivity index (χ1) is 8.69. The van der Waals surface area contributed by atoms with Crippen molar-refractivity contribution in [2.75, 3.05) is 19.7 Å². The highest BCUT2D eigenvalue weighted by Gasteiger charge is 2.31. The van der Waals surface area contributed by atoms with E-state index >= 15 is 0 Å². The number of nitrogens with zero attached hydrogens (tertiary/aromatic N) is 1. The Morgan fingerprint density at radius 1 is 1.33 bits per heavy atom. The topological polar surface area (TPSA) is 41.6 Å². The fourth-order valence-electron chi connectivity index (χ4n) is 3.40. The Hall–Kier alpha value is -0.770. The van der Waals surface area contributed by atoms with E-state index in [4.69, 9.17) is 4.74 Å². The number of carbonyl (C=O) groups excluding carboxylic acids is 1. The van der Waals surface area contributed by atoms with Crippen LogP contribution in [-0.2, 0) is 4.74 Å². The zero-order valence-corrected chi connectivity index (χ0v) is 11.7. The summed E-state index contributed by atoms with van der Waals surface area (Å²) in [5.41, 5.74) is 0. The molecule has 0 aromatic carbocycles. The molecule has 2 fully saturated rings. The molecule has 1 saturated heterocycles. The molecule has 104 valence electrons. The monoisotopic (exact) mass is 254 g/mol. The molecule has 1 amide bonds. The molecule has 1 heterocycles. The highest BCUT2D eigenvalue weighted by molar-refractivity contribution is 5.67. The average Bonchev–Trinajstić information content (AvgIpc) is 2.81. The highest BCUT2D eigenvalue weighted by atomic mass is 16.5. The van der Waals surface area contributed by atoms with E-state index in [2.05, 4.69) is 17.1 Å². The van der Waals surface area contributed by atoms with Crippen LogP contribution in [0, 0.1) is 5.92 Å². The summed E-state index contributed by atoms with van der Waals surface area (Å²) in [4.78, 5) is 14.1. The standard InChI is InChI=1S/C14H26N2O2/c1-3-18-14(17)15-12-8-11(2)9-16(10-12)13-6-4-5-7-13/h11-13H,3-10H2,1-2H3,(H,15,17). The van der Waals surface area contributed by atoms with Crippen LogP contribution in [0.5, 0.6) is 0 Å². The predicted molar refractivity (Wildman–Crippen MR) is 71.6 cm³/mol. The van der Waals surface area contributed by atoms with Crippen LogP contribution in [0.2, 0.25) is 0 Å². The van der Waals surface area contributed by atoms with E-state index in [-0.39, 0.29) is 12.1 Å². The summed E-state index contributed by atoms with van der Waals surface area (Å²) in [7, 11) is 0. The number of ether oxygens (including phenoxy) is 1. The lowest BCUT2D eigenvalue weighted by atomic mass is 9.94. The molecule has 4 nitrogen and oxygen atoms in total. The number of piperidine rings is 1. The number of nitrogens with one attached hydrogen (secondary N) is 1. The number of rotatable bonds is 3. The Kier molecular flexibility index (Phi) is 4.87. The Balaban J connectivity index is 1.85. The average molecular weight is 254 g/mol. The van der Waals surface area contributed by atoms with Gasteiger partial charge in [0.15, 0.2) is 0 Å². The summed E-state index contributed by atoms with van der Waals surface area (Å²) < 4.78 is 4.97. The molecule has 1 N–H and O–H groups in total. The molecule has 0 aromatic rings. The van der Waals surface area contributed by atoms with Crippen LogP contribution < -0.4 is 5.32 Å². The minimum Gasteiger partial charge on any atom is -0.450 e. The summed E-state index contributed by atoms with van der Waals surface area (Å²) >= 11 is 0. The van der Waals surface area contributed by atoms with Crippen molar-refractivity contribution in [3.63, 3.8) is 0 Å². The van der Waals surface area contributed by atoms with Gasteiger partial charge < -0.3 is 10.1 Å². The van der Waals surface area contributed by atoms with Gasteiger partial charge in [-0.05, 0) is 32.1 Å². The fourth-order valence-corrected chi connectivity index (χ4v) is 3.40. The summed E-state index contributed by atoms with van der Waals surface area (Å²) in [5.74, 6) is 0.659. The van der Waals surface area contributed by atoms with Crippen molar-refractivity contribution in [3.05, 3.63) is 0 Å². The molecule has 2 unspecified atom stereocenters. The van der Waals surface area contributed by atoms with Gasteiger partial charge in [-0.1, -0.05) is 19.8 Å². The number of carbonyl (C=O) groups is 1. The molecule has 0 bridgehead atoms. The van der Waals surface area contributed by atoms with Gasteiger partial charge in [0.25, 0.3) is 0 Å². The summed E-state index contributed by atoms with van der Waals surface area (Å²) in [6.45, 7) is 6.74. The Labute approximate surface area is 110 Å². The lowest BCUT2D eigenvalue weighted by molar-refractivity contribution is 0.0955. The fraction of sp³-hybridized carbons (Fsp3) is 0.929. The van der Waals surface area contributed by atoms with Gasteiger partial charge in [-0.15, -0.1) is 0 Å². The van der Waals surface area contributed by atoms with E-state index in [0.29, 0.717) is 12.5 Å². The molecule has 0 aromatic heterocycles. The summed E-state index contributed by atoms with van der Waals surface area (Å²) in [6, 6.07) is 1.01. The largest absolute Gasteiger partial charge is 0.450 e. The van der Waals surface area contributed by atoms with Crippen LogP contribution in [0.1, 0.15) is 46.0 Å². The zero-order valence-electron chi connectivity index (χ0n) is 11.7. The molecule has 4 heteroatoms. The first-order valence-corrected chi connectivity index (χ1v) is 7.36. The number of hydrogen-bond acceptors (Lipinski definition) is 3. The SMILES string of the molecule is CCOC(=O)NC1CC(C)CN(C2CCCC2)C1. The maximum atomic E-state index is 11.5. The molecular weight excluding hydrogens is 228 g/mol. The maximum Gasteiger partial charge on any atom is 0.407 e. The number of hydrogen-bond donors (Lipinski definition) is 1. The number of amides is 1. The zero-order chi connectivity index (χ0) is 13.0. The normalized spacial score (nSPS) is 30.3. The van der Waals surface area contributed by atoms with E-state index in [1.54, 1.807) is 0 Å². The van der Waals surface area contributed by atoms with Crippen LogP contribution in [0.4, 0.5) is 4.79 Å². The van der Waals surface area contributed by atoms with Crippen LogP contribution in [0.3, 0.4) is 0 Å². The van der Waals surface area contributed by atoms with Crippen LogP contribution >= 0.6 is 0 Å². The summed E-state index contributed by atoms with van der Waals surface area (Å²) in [5, 5.41) is 3.00. The van der Waals surface area contributed by atoms with Gasteiger partial charge in [0.1, 0.15) is 0 Å². The lowest BCUT2D eigenvalue weighted by Crippen LogP contribution is -2.53. The first kappa shape index (κ1) is 13.7. The molecule has 2 atom stereocenters. The van der Waals surface area contributed by atoms with E-state index in [1.165, 1.54) is 32.2 Å². The van der Waals surface area contributed by atoms with E-state index in [0.717, 1.165) is 19.0 Å². The number of alkyl carbamates (subject to hydrolysis) is 1. The third-order valence-electron chi connectivity index (χ3n) is 4.13. The van der Waals surface area contributed by atoms with Crippen molar-refractivity contribution in [3.8, 4) is 0 Å². The molecule has 1 aliphatic heterocycles. The molecule has 0 radical (unpaired) electrons. The van der Waals surface area contributed by atoms with E-state index < -0.39 is 0 Å². The van der Waals surface area contributed by atoms with Crippen molar-refractivity contribution in [2.24, 2.45) is 5.92 Å². The van der Waals surface area contributed by atoms with Gasteiger partial charge in [-0.25, -0.2) is 4.79 Å². The minimum atomic E-state index is -0.261. The van der Waals surface area contributed by atoms with Crippen molar-refractivity contribution >= 4 is 6.09 Å². The molecule has 0 spiro atoms. The second-order valence-corrected chi connectivity index (χ2v) is 5.79. The smallest absolute Gasteiger partial charge is 0.407 e.